The molecule has 0 spiro atoms. The number of rotatable bonds is 2. The van der Waals surface area contributed by atoms with Crippen LogP contribution in [0.3, 0.4) is 0 Å². The Balaban J connectivity index is 2.88. The molecule has 0 saturated heterocycles. The van der Waals surface area contributed by atoms with Crippen LogP contribution in [0.25, 0.3) is 0 Å². The van der Waals surface area contributed by atoms with Crippen LogP contribution >= 0.6 is 0 Å². The molecule has 13 heavy (non-hydrogen) atoms. The summed E-state index contributed by atoms with van der Waals surface area (Å²) in [5.41, 5.74) is 0.348. The Morgan fingerprint density at radius 2 is 1.85 bits per heavy atom. The van der Waals surface area contributed by atoms with Gasteiger partial charge in [-0.25, -0.2) is 12.8 Å². The minimum absolute atomic E-state index is 0.348. The van der Waals surface area contributed by atoms with Gasteiger partial charge in [-0.1, -0.05) is 12.1 Å². The Morgan fingerprint density at radius 1 is 1.31 bits per heavy atom. The Kier molecular flexibility index (Phi) is 2.74. The first-order valence-electron chi connectivity index (χ1n) is 3.24. The van der Waals surface area contributed by atoms with Gasteiger partial charge in [0, 0.05) is 6.21 Å². The standard InChI is InChI=1S/C7H6FNO3S/c8-7-3-1-6(2-4-7)5-9-13(10,11)12/h1-5H,(H,10,11,12)/p-1. The van der Waals surface area contributed by atoms with Gasteiger partial charge in [0.05, 0.1) is 0 Å². The zero-order valence-electron chi connectivity index (χ0n) is 6.34. The fourth-order valence-electron chi connectivity index (χ4n) is 0.674. The van der Waals surface area contributed by atoms with E-state index in [-0.39, 0.29) is 0 Å². The van der Waals surface area contributed by atoms with E-state index in [4.69, 9.17) is 0 Å². The van der Waals surface area contributed by atoms with Crippen LogP contribution in [0.5, 0.6) is 0 Å². The molecule has 0 N–H and O–H groups in total. The first-order valence-corrected chi connectivity index (χ1v) is 4.60. The van der Waals surface area contributed by atoms with Crippen molar-refractivity contribution in [2.24, 2.45) is 4.40 Å². The Morgan fingerprint density at radius 3 is 2.31 bits per heavy atom. The molecular weight excluding hydrogens is 197 g/mol. The molecule has 0 atom stereocenters. The quantitative estimate of drug-likeness (QED) is 0.523. The lowest BCUT2D eigenvalue weighted by molar-refractivity contribution is 0.465. The average Bonchev–Trinajstić information content (AvgIpc) is 2.02. The molecule has 1 rings (SSSR count). The Hall–Kier alpha value is -1.27. The highest BCUT2D eigenvalue weighted by atomic mass is 32.2. The molecule has 0 aliphatic carbocycles. The third-order valence-corrected chi connectivity index (χ3v) is 1.56. The van der Waals surface area contributed by atoms with E-state index in [0.29, 0.717) is 5.56 Å². The number of hydrogen-bond donors (Lipinski definition) is 0. The van der Waals surface area contributed by atoms with Gasteiger partial charge >= 0.3 is 0 Å². The molecule has 6 heteroatoms. The van der Waals surface area contributed by atoms with E-state index in [0.717, 1.165) is 18.3 Å². The van der Waals surface area contributed by atoms with E-state index in [9.17, 15) is 17.4 Å². The predicted molar refractivity (Wildman–Crippen MR) is 43.7 cm³/mol. The van der Waals surface area contributed by atoms with Gasteiger partial charge < -0.3 is 4.55 Å². The van der Waals surface area contributed by atoms with Crippen molar-refractivity contribution in [3.8, 4) is 0 Å². The van der Waals surface area contributed by atoms with E-state index in [2.05, 4.69) is 4.40 Å². The molecule has 4 nitrogen and oxygen atoms in total. The largest absolute Gasteiger partial charge is 0.730 e. The topological polar surface area (TPSA) is 69.6 Å². The molecular formula is C7H5FNO3S-. The van der Waals surface area contributed by atoms with Gasteiger partial charge in [-0.15, -0.1) is 0 Å². The van der Waals surface area contributed by atoms with Crippen LogP contribution in [0.1, 0.15) is 5.56 Å². The summed E-state index contributed by atoms with van der Waals surface area (Å²) in [4.78, 5) is 0. The maximum absolute atomic E-state index is 12.3. The van der Waals surface area contributed by atoms with Gasteiger partial charge in [-0.3, -0.25) is 0 Å². The molecule has 0 fully saturated rings. The van der Waals surface area contributed by atoms with Crippen molar-refractivity contribution in [1.82, 2.24) is 0 Å². The highest BCUT2D eigenvalue weighted by molar-refractivity contribution is 7.84. The summed E-state index contributed by atoms with van der Waals surface area (Å²) in [6.07, 6.45) is 0.863. The van der Waals surface area contributed by atoms with Gasteiger partial charge in [-0.2, -0.15) is 4.40 Å². The first kappa shape index (κ1) is 9.82. The summed E-state index contributed by atoms with van der Waals surface area (Å²) in [6, 6.07) is 4.89. The minimum atomic E-state index is -4.61. The van der Waals surface area contributed by atoms with Crippen LogP contribution in [0.4, 0.5) is 4.39 Å². The van der Waals surface area contributed by atoms with E-state index in [1.165, 1.54) is 12.1 Å². The fraction of sp³-hybridized carbons (Fsp3) is 0. The summed E-state index contributed by atoms with van der Waals surface area (Å²) >= 11 is 0. The number of benzene rings is 1. The maximum atomic E-state index is 12.3. The summed E-state index contributed by atoms with van der Waals surface area (Å²) < 4.78 is 45.2. The van der Waals surface area contributed by atoms with Gasteiger partial charge in [0.1, 0.15) is 5.82 Å². The van der Waals surface area contributed by atoms with Gasteiger partial charge in [0.25, 0.3) is 0 Å². The highest BCUT2D eigenvalue weighted by Crippen LogP contribution is 2.00. The zero-order chi connectivity index (χ0) is 9.90. The van der Waals surface area contributed by atoms with Crippen molar-refractivity contribution >= 4 is 16.5 Å². The monoisotopic (exact) mass is 202 g/mol. The Bertz CT molecular complexity index is 410. The molecule has 1 aromatic carbocycles. The van der Waals surface area contributed by atoms with E-state index in [1.807, 2.05) is 0 Å². The highest BCUT2D eigenvalue weighted by Gasteiger charge is 1.90. The molecule has 0 aliphatic rings. The van der Waals surface area contributed by atoms with E-state index in [1.54, 1.807) is 0 Å². The van der Waals surface area contributed by atoms with Crippen molar-refractivity contribution < 1.29 is 17.4 Å². The SMILES string of the molecule is O=S(=O)([O-])N=Cc1ccc(F)cc1. The molecule has 0 saturated carbocycles. The van der Waals surface area contributed by atoms with Crippen LogP contribution in [0.2, 0.25) is 0 Å². The van der Waals surface area contributed by atoms with Gasteiger partial charge in [0.15, 0.2) is 0 Å². The molecule has 70 valence electrons. The van der Waals surface area contributed by atoms with Crippen molar-refractivity contribution in [1.29, 1.82) is 0 Å². The number of halogens is 1. The normalized spacial score (nSPS) is 12.2. The summed E-state index contributed by atoms with van der Waals surface area (Å²) in [7, 11) is -4.61. The fourth-order valence-corrected chi connectivity index (χ4v) is 0.925. The van der Waals surface area contributed by atoms with Gasteiger partial charge in [-0.05, 0) is 17.7 Å². The summed E-state index contributed by atoms with van der Waals surface area (Å²) in [6.45, 7) is 0. The minimum Gasteiger partial charge on any atom is -0.730 e. The molecule has 0 aliphatic heterocycles. The summed E-state index contributed by atoms with van der Waals surface area (Å²) in [5.74, 6) is -0.442. The molecule has 0 heterocycles. The van der Waals surface area contributed by atoms with Crippen LogP contribution < -0.4 is 0 Å². The second kappa shape index (κ2) is 3.63. The lowest BCUT2D eigenvalue weighted by atomic mass is 10.2. The van der Waals surface area contributed by atoms with E-state index >= 15 is 0 Å². The lowest BCUT2D eigenvalue weighted by Crippen LogP contribution is -1.93. The molecule has 0 amide bonds. The second-order valence-corrected chi connectivity index (χ2v) is 3.28. The van der Waals surface area contributed by atoms with Crippen molar-refractivity contribution in [3.63, 3.8) is 0 Å². The number of hydrogen-bond acceptors (Lipinski definition) is 3. The Labute approximate surface area is 74.6 Å². The van der Waals surface area contributed by atoms with E-state index < -0.39 is 16.1 Å². The summed E-state index contributed by atoms with van der Waals surface area (Å²) in [5, 5.41) is 0. The number of nitrogens with zero attached hydrogens (tertiary/aromatic N) is 1. The molecule has 0 aromatic heterocycles. The zero-order valence-corrected chi connectivity index (χ0v) is 7.16. The van der Waals surface area contributed by atoms with Crippen LogP contribution in [-0.4, -0.2) is 19.2 Å². The van der Waals surface area contributed by atoms with Gasteiger partial charge in [0.2, 0.25) is 10.3 Å². The predicted octanol–water partition coefficient (Wildman–Crippen LogP) is 0.705. The van der Waals surface area contributed by atoms with Crippen LogP contribution in [0, 0.1) is 5.82 Å². The molecule has 0 unspecified atom stereocenters. The average molecular weight is 202 g/mol. The third-order valence-electron chi connectivity index (χ3n) is 1.20. The second-order valence-electron chi connectivity index (χ2n) is 2.21. The van der Waals surface area contributed by atoms with Crippen molar-refractivity contribution in [2.75, 3.05) is 0 Å². The smallest absolute Gasteiger partial charge is 0.202 e. The lowest BCUT2D eigenvalue weighted by Gasteiger charge is -1.97. The van der Waals surface area contributed by atoms with Crippen LogP contribution in [-0.2, 0) is 10.3 Å². The first-order chi connectivity index (χ1) is 5.97. The maximum Gasteiger partial charge on any atom is 0.202 e. The molecule has 1 aromatic rings. The van der Waals surface area contributed by atoms with Crippen molar-refractivity contribution in [2.45, 2.75) is 0 Å². The third kappa shape index (κ3) is 3.77. The molecule has 0 bridgehead atoms. The van der Waals surface area contributed by atoms with Crippen LogP contribution in [0.15, 0.2) is 28.7 Å². The molecule has 0 radical (unpaired) electrons. The van der Waals surface area contributed by atoms with Crippen molar-refractivity contribution in [3.05, 3.63) is 35.6 Å².